The number of rotatable bonds is 4. The zero-order valence-electron chi connectivity index (χ0n) is 7.47. The van der Waals surface area contributed by atoms with Crippen LogP contribution in [-0.2, 0) is 0 Å². The van der Waals surface area contributed by atoms with Gasteiger partial charge < -0.3 is 0 Å². The standard InChI is InChI=1S/C11H18/c1-2-3-4-5-8-11-9-6-7-10-11/h4-5,9H,2-3,6-8,10H2,1H3. The lowest BCUT2D eigenvalue weighted by atomic mass is 10.1. The summed E-state index contributed by atoms with van der Waals surface area (Å²) in [6.07, 6.45) is 14.8. The van der Waals surface area contributed by atoms with Crippen molar-refractivity contribution in [2.24, 2.45) is 0 Å². The molecule has 0 aliphatic heterocycles. The molecule has 0 saturated carbocycles. The smallest absolute Gasteiger partial charge is 0.0139 e. The van der Waals surface area contributed by atoms with Crippen LogP contribution in [0.3, 0.4) is 0 Å². The largest absolute Gasteiger partial charge is 0.0882 e. The van der Waals surface area contributed by atoms with Crippen LogP contribution in [0.5, 0.6) is 0 Å². The first-order valence-corrected chi connectivity index (χ1v) is 4.76. The summed E-state index contributed by atoms with van der Waals surface area (Å²) in [5, 5.41) is 0. The molecule has 0 amide bonds. The van der Waals surface area contributed by atoms with Crippen molar-refractivity contribution in [1.29, 1.82) is 0 Å². The minimum atomic E-state index is 1.21. The Labute approximate surface area is 70.0 Å². The molecular formula is C11H18. The van der Waals surface area contributed by atoms with E-state index in [1.807, 2.05) is 0 Å². The first kappa shape index (κ1) is 8.58. The van der Waals surface area contributed by atoms with Gasteiger partial charge in [-0.3, -0.25) is 0 Å². The van der Waals surface area contributed by atoms with Crippen molar-refractivity contribution in [3.05, 3.63) is 23.8 Å². The molecule has 0 radical (unpaired) electrons. The Morgan fingerprint density at radius 3 is 3.00 bits per heavy atom. The van der Waals surface area contributed by atoms with Crippen molar-refractivity contribution in [1.82, 2.24) is 0 Å². The van der Waals surface area contributed by atoms with E-state index in [0.717, 1.165) is 0 Å². The molecule has 0 aromatic carbocycles. The van der Waals surface area contributed by atoms with Crippen molar-refractivity contribution in [3.63, 3.8) is 0 Å². The summed E-state index contributed by atoms with van der Waals surface area (Å²) in [6.45, 7) is 2.22. The van der Waals surface area contributed by atoms with E-state index in [4.69, 9.17) is 0 Å². The lowest BCUT2D eigenvalue weighted by Crippen LogP contribution is -1.73. The van der Waals surface area contributed by atoms with Gasteiger partial charge in [0.05, 0.1) is 0 Å². The molecular weight excluding hydrogens is 132 g/mol. The number of hydrogen-bond donors (Lipinski definition) is 0. The highest BCUT2D eigenvalue weighted by Gasteiger charge is 2.00. The minimum absolute atomic E-state index is 1.21. The summed E-state index contributed by atoms with van der Waals surface area (Å²) in [4.78, 5) is 0. The Bertz CT molecular complexity index is 151. The molecule has 11 heavy (non-hydrogen) atoms. The molecule has 0 aromatic rings. The summed E-state index contributed by atoms with van der Waals surface area (Å²) < 4.78 is 0. The Hall–Kier alpha value is -0.520. The third kappa shape index (κ3) is 3.41. The fraction of sp³-hybridized carbons (Fsp3) is 0.636. The molecule has 0 spiro atoms. The first-order valence-electron chi connectivity index (χ1n) is 4.76. The van der Waals surface area contributed by atoms with Gasteiger partial charge in [0.15, 0.2) is 0 Å². The summed E-state index contributed by atoms with van der Waals surface area (Å²) in [7, 11) is 0. The molecule has 0 unspecified atom stereocenters. The molecule has 0 heteroatoms. The summed E-state index contributed by atoms with van der Waals surface area (Å²) in [5.41, 5.74) is 1.65. The zero-order chi connectivity index (χ0) is 7.94. The molecule has 0 bridgehead atoms. The van der Waals surface area contributed by atoms with Gasteiger partial charge in [0.25, 0.3) is 0 Å². The van der Waals surface area contributed by atoms with Gasteiger partial charge in [0, 0.05) is 0 Å². The maximum atomic E-state index is 2.40. The van der Waals surface area contributed by atoms with Crippen LogP contribution in [0.4, 0.5) is 0 Å². The Morgan fingerprint density at radius 2 is 2.36 bits per heavy atom. The molecule has 0 saturated heterocycles. The maximum absolute atomic E-state index is 2.40. The van der Waals surface area contributed by atoms with Crippen molar-refractivity contribution in [2.75, 3.05) is 0 Å². The van der Waals surface area contributed by atoms with Gasteiger partial charge in [-0.1, -0.05) is 37.1 Å². The van der Waals surface area contributed by atoms with Crippen molar-refractivity contribution in [3.8, 4) is 0 Å². The first-order chi connectivity index (χ1) is 5.43. The van der Waals surface area contributed by atoms with Crippen LogP contribution in [0.15, 0.2) is 23.8 Å². The van der Waals surface area contributed by atoms with Crippen molar-refractivity contribution in [2.45, 2.75) is 45.4 Å². The summed E-state index contributed by atoms with van der Waals surface area (Å²) >= 11 is 0. The maximum Gasteiger partial charge on any atom is -0.0139 e. The number of hydrogen-bond acceptors (Lipinski definition) is 0. The van der Waals surface area contributed by atoms with Gasteiger partial charge >= 0.3 is 0 Å². The summed E-state index contributed by atoms with van der Waals surface area (Å²) in [5.74, 6) is 0. The van der Waals surface area contributed by atoms with Crippen LogP contribution in [-0.4, -0.2) is 0 Å². The van der Waals surface area contributed by atoms with E-state index in [2.05, 4.69) is 25.2 Å². The van der Waals surface area contributed by atoms with E-state index in [-0.39, 0.29) is 0 Å². The predicted molar refractivity (Wildman–Crippen MR) is 50.6 cm³/mol. The third-order valence-corrected chi connectivity index (χ3v) is 2.14. The average Bonchev–Trinajstić information content (AvgIpc) is 2.50. The van der Waals surface area contributed by atoms with E-state index in [1.54, 1.807) is 5.57 Å². The minimum Gasteiger partial charge on any atom is -0.0882 e. The van der Waals surface area contributed by atoms with Crippen LogP contribution >= 0.6 is 0 Å². The van der Waals surface area contributed by atoms with E-state index in [1.165, 1.54) is 38.5 Å². The van der Waals surface area contributed by atoms with Gasteiger partial charge in [-0.05, 0) is 32.1 Å². The molecule has 0 aromatic heterocycles. The fourth-order valence-electron chi connectivity index (χ4n) is 1.44. The number of unbranched alkanes of at least 4 members (excludes halogenated alkanes) is 1. The van der Waals surface area contributed by atoms with Crippen LogP contribution in [0, 0.1) is 0 Å². The van der Waals surface area contributed by atoms with Crippen LogP contribution < -0.4 is 0 Å². The van der Waals surface area contributed by atoms with Crippen molar-refractivity contribution < 1.29 is 0 Å². The predicted octanol–water partition coefficient (Wildman–Crippen LogP) is 3.84. The second-order valence-corrected chi connectivity index (χ2v) is 3.22. The summed E-state index contributed by atoms with van der Waals surface area (Å²) in [6, 6.07) is 0. The number of allylic oxidation sites excluding steroid dienone is 4. The van der Waals surface area contributed by atoms with Crippen LogP contribution in [0.2, 0.25) is 0 Å². The Balaban J connectivity index is 2.10. The van der Waals surface area contributed by atoms with Crippen LogP contribution in [0.25, 0.3) is 0 Å². The molecule has 1 aliphatic rings. The van der Waals surface area contributed by atoms with Gasteiger partial charge in [-0.25, -0.2) is 0 Å². The lowest BCUT2D eigenvalue weighted by molar-refractivity contribution is 0.890. The van der Waals surface area contributed by atoms with Crippen LogP contribution in [0.1, 0.15) is 45.4 Å². The highest BCUT2D eigenvalue weighted by molar-refractivity contribution is 5.11. The van der Waals surface area contributed by atoms with E-state index in [0.29, 0.717) is 0 Å². The van der Waals surface area contributed by atoms with Gasteiger partial charge in [0.1, 0.15) is 0 Å². The molecule has 0 atom stereocenters. The quantitative estimate of drug-likeness (QED) is 0.534. The van der Waals surface area contributed by atoms with E-state index in [9.17, 15) is 0 Å². The van der Waals surface area contributed by atoms with Gasteiger partial charge in [-0.2, -0.15) is 0 Å². The van der Waals surface area contributed by atoms with E-state index >= 15 is 0 Å². The molecule has 0 nitrogen and oxygen atoms in total. The molecule has 0 N–H and O–H groups in total. The monoisotopic (exact) mass is 150 g/mol. The zero-order valence-corrected chi connectivity index (χ0v) is 7.47. The normalized spacial score (nSPS) is 17.7. The molecule has 0 fully saturated rings. The fourth-order valence-corrected chi connectivity index (χ4v) is 1.44. The SMILES string of the molecule is CCCC=CCC1=CCCC1. The highest BCUT2D eigenvalue weighted by Crippen LogP contribution is 2.20. The molecule has 62 valence electrons. The lowest BCUT2D eigenvalue weighted by Gasteiger charge is -1.93. The van der Waals surface area contributed by atoms with Gasteiger partial charge in [-0.15, -0.1) is 0 Å². The average molecular weight is 150 g/mol. The Kier molecular flexibility index (Phi) is 4.03. The van der Waals surface area contributed by atoms with E-state index < -0.39 is 0 Å². The van der Waals surface area contributed by atoms with Crippen molar-refractivity contribution >= 4 is 0 Å². The highest BCUT2D eigenvalue weighted by atomic mass is 14.1. The topological polar surface area (TPSA) is 0 Å². The molecule has 1 rings (SSSR count). The Morgan fingerprint density at radius 1 is 1.45 bits per heavy atom. The second kappa shape index (κ2) is 5.17. The second-order valence-electron chi connectivity index (χ2n) is 3.22. The molecule has 1 aliphatic carbocycles. The van der Waals surface area contributed by atoms with Gasteiger partial charge in [0.2, 0.25) is 0 Å². The molecule has 0 heterocycles. The third-order valence-electron chi connectivity index (χ3n) is 2.14.